The van der Waals surface area contributed by atoms with E-state index in [-0.39, 0.29) is 6.03 Å². The van der Waals surface area contributed by atoms with Crippen LogP contribution in [0.3, 0.4) is 0 Å². The van der Waals surface area contributed by atoms with Crippen molar-refractivity contribution in [1.82, 2.24) is 15.2 Å². The van der Waals surface area contributed by atoms with Crippen LogP contribution in [0.1, 0.15) is 56.6 Å². The Morgan fingerprint density at radius 1 is 1.12 bits per heavy atom. The number of aromatic amines is 1. The summed E-state index contributed by atoms with van der Waals surface area (Å²) in [5, 5.41) is 4.43. The first kappa shape index (κ1) is 17.3. The Bertz CT molecular complexity index is 756. The SMILES string of the molecule is COc1ccc2[nH]c(C3CCN(C(=O)NC4CCCCC4)CC3)cc2c1. The maximum absolute atomic E-state index is 12.5. The molecule has 0 unspecified atom stereocenters. The number of ether oxygens (including phenoxy) is 1. The monoisotopic (exact) mass is 355 g/mol. The maximum atomic E-state index is 12.5. The standard InChI is InChI=1S/C21H29N3O2/c1-26-18-7-8-19-16(13-18)14-20(23-19)15-9-11-24(12-10-15)21(25)22-17-5-3-2-4-6-17/h7-8,13-15,17,23H,2-6,9-12H2,1H3,(H,22,25). The molecular weight excluding hydrogens is 326 g/mol. The van der Waals surface area contributed by atoms with Crippen molar-refractivity contribution in [3.05, 3.63) is 30.0 Å². The first-order valence-electron chi connectivity index (χ1n) is 9.95. The van der Waals surface area contributed by atoms with Gasteiger partial charge in [0.15, 0.2) is 0 Å². The number of methoxy groups -OCH3 is 1. The summed E-state index contributed by atoms with van der Waals surface area (Å²) in [5.74, 6) is 1.38. The van der Waals surface area contributed by atoms with Gasteiger partial charge in [0.05, 0.1) is 7.11 Å². The number of fused-ring (bicyclic) bond motifs is 1. The van der Waals surface area contributed by atoms with Gasteiger partial charge < -0.3 is 19.9 Å². The second kappa shape index (κ2) is 7.60. The van der Waals surface area contributed by atoms with Gasteiger partial charge in [-0.2, -0.15) is 0 Å². The summed E-state index contributed by atoms with van der Waals surface area (Å²) in [6.07, 6.45) is 8.12. The zero-order valence-electron chi connectivity index (χ0n) is 15.6. The van der Waals surface area contributed by atoms with Crippen LogP contribution in [0.15, 0.2) is 24.3 Å². The Hall–Kier alpha value is -2.17. The second-order valence-corrected chi connectivity index (χ2v) is 7.72. The highest BCUT2D eigenvalue weighted by Crippen LogP contribution is 2.31. The summed E-state index contributed by atoms with van der Waals surface area (Å²) in [6.45, 7) is 1.67. The molecule has 2 aliphatic rings. The Kier molecular flexibility index (Phi) is 5.05. The molecule has 0 atom stereocenters. The molecule has 1 aliphatic carbocycles. The van der Waals surface area contributed by atoms with E-state index in [1.165, 1.54) is 30.3 Å². The lowest BCUT2D eigenvalue weighted by Crippen LogP contribution is -2.48. The molecule has 2 fully saturated rings. The summed E-state index contributed by atoms with van der Waals surface area (Å²) >= 11 is 0. The molecule has 5 heteroatoms. The molecular formula is C21H29N3O2. The first-order chi connectivity index (χ1) is 12.7. The molecule has 1 saturated heterocycles. The Morgan fingerprint density at radius 2 is 1.88 bits per heavy atom. The number of benzene rings is 1. The van der Waals surface area contributed by atoms with E-state index in [9.17, 15) is 4.79 Å². The average Bonchev–Trinajstić information content (AvgIpc) is 3.12. The second-order valence-electron chi connectivity index (χ2n) is 7.72. The number of hydrogen-bond acceptors (Lipinski definition) is 2. The number of urea groups is 1. The fourth-order valence-corrected chi connectivity index (χ4v) is 4.39. The zero-order valence-corrected chi connectivity index (χ0v) is 15.6. The van der Waals surface area contributed by atoms with Crippen LogP contribution in [0, 0.1) is 0 Å². The van der Waals surface area contributed by atoms with Crippen molar-refractivity contribution in [3.8, 4) is 5.75 Å². The Morgan fingerprint density at radius 3 is 2.62 bits per heavy atom. The minimum Gasteiger partial charge on any atom is -0.497 e. The van der Waals surface area contributed by atoms with Crippen molar-refractivity contribution in [2.45, 2.75) is 56.9 Å². The zero-order chi connectivity index (χ0) is 17.9. The van der Waals surface area contributed by atoms with Crippen LogP contribution < -0.4 is 10.1 Å². The lowest BCUT2D eigenvalue weighted by Gasteiger charge is -2.33. The fraction of sp³-hybridized carbons (Fsp3) is 0.571. The van der Waals surface area contributed by atoms with Crippen LogP contribution in [-0.2, 0) is 0 Å². The van der Waals surface area contributed by atoms with Gasteiger partial charge in [0, 0.05) is 41.6 Å². The van der Waals surface area contributed by atoms with E-state index < -0.39 is 0 Å². The van der Waals surface area contributed by atoms with E-state index in [2.05, 4.69) is 28.5 Å². The molecule has 2 N–H and O–H groups in total. The fourth-order valence-electron chi connectivity index (χ4n) is 4.39. The van der Waals surface area contributed by atoms with E-state index in [0.29, 0.717) is 12.0 Å². The predicted molar refractivity (Wildman–Crippen MR) is 104 cm³/mol. The molecule has 0 spiro atoms. The van der Waals surface area contributed by atoms with E-state index in [1.807, 2.05) is 11.0 Å². The highest BCUT2D eigenvalue weighted by molar-refractivity contribution is 5.82. The first-order valence-corrected chi connectivity index (χ1v) is 9.95. The Balaban J connectivity index is 1.35. The highest BCUT2D eigenvalue weighted by Gasteiger charge is 2.26. The molecule has 26 heavy (non-hydrogen) atoms. The number of likely N-dealkylation sites (tertiary alicyclic amines) is 1. The van der Waals surface area contributed by atoms with Crippen molar-refractivity contribution in [2.75, 3.05) is 20.2 Å². The summed E-state index contributed by atoms with van der Waals surface area (Å²) < 4.78 is 5.31. The summed E-state index contributed by atoms with van der Waals surface area (Å²) in [6, 6.07) is 8.89. The van der Waals surface area contributed by atoms with Crippen molar-refractivity contribution in [2.24, 2.45) is 0 Å². The van der Waals surface area contributed by atoms with Crippen LogP contribution >= 0.6 is 0 Å². The molecule has 5 nitrogen and oxygen atoms in total. The van der Waals surface area contributed by atoms with Crippen LogP contribution in [0.5, 0.6) is 5.75 Å². The molecule has 0 radical (unpaired) electrons. The number of rotatable bonds is 3. The van der Waals surface area contributed by atoms with E-state index in [1.54, 1.807) is 7.11 Å². The molecule has 2 heterocycles. The minimum atomic E-state index is 0.136. The topological polar surface area (TPSA) is 57.4 Å². The number of H-pyrrole nitrogens is 1. The third-order valence-electron chi connectivity index (χ3n) is 6.00. The lowest BCUT2D eigenvalue weighted by molar-refractivity contribution is 0.174. The van der Waals surface area contributed by atoms with Crippen molar-refractivity contribution < 1.29 is 9.53 Å². The molecule has 0 bridgehead atoms. The highest BCUT2D eigenvalue weighted by atomic mass is 16.5. The van der Waals surface area contributed by atoms with E-state index in [4.69, 9.17) is 4.74 Å². The van der Waals surface area contributed by atoms with Crippen LogP contribution in [0.2, 0.25) is 0 Å². The molecule has 1 aliphatic heterocycles. The number of nitrogens with zero attached hydrogens (tertiary/aromatic N) is 1. The van der Waals surface area contributed by atoms with Crippen molar-refractivity contribution >= 4 is 16.9 Å². The van der Waals surface area contributed by atoms with E-state index >= 15 is 0 Å². The quantitative estimate of drug-likeness (QED) is 0.857. The molecule has 2 amide bonds. The van der Waals surface area contributed by atoms with Gasteiger partial charge in [-0.25, -0.2) is 4.79 Å². The van der Waals surface area contributed by atoms with Gasteiger partial charge in [-0.3, -0.25) is 0 Å². The van der Waals surface area contributed by atoms with Crippen LogP contribution in [-0.4, -0.2) is 42.2 Å². The molecule has 4 rings (SSSR count). The molecule has 1 saturated carbocycles. The molecule has 1 aromatic carbocycles. The summed E-state index contributed by atoms with van der Waals surface area (Å²) in [4.78, 5) is 18.1. The number of piperidine rings is 1. The van der Waals surface area contributed by atoms with Gasteiger partial charge in [0.25, 0.3) is 0 Å². The van der Waals surface area contributed by atoms with Crippen molar-refractivity contribution in [1.29, 1.82) is 0 Å². The minimum absolute atomic E-state index is 0.136. The lowest BCUT2D eigenvalue weighted by atomic mass is 9.93. The average molecular weight is 355 g/mol. The number of nitrogens with one attached hydrogen (secondary N) is 2. The number of carbonyl (C=O) groups is 1. The smallest absolute Gasteiger partial charge is 0.317 e. The van der Waals surface area contributed by atoms with E-state index in [0.717, 1.165) is 50.0 Å². The third-order valence-corrected chi connectivity index (χ3v) is 6.00. The van der Waals surface area contributed by atoms with Gasteiger partial charge in [0.1, 0.15) is 5.75 Å². The van der Waals surface area contributed by atoms with Gasteiger partial charge in [0.2, 0.25) is 0 Å². The predicted octanol–water partition coefficient (Wildman–Crippen LogP) is 4.40. The van der Waals surface area contributed by atoms with Gasteiger partial charge in [-0.15, -0.1) is 0 Å². The number of aromatic nitrogens is 1. The Labute approximate surface area is 155 Å². The number of carbonyl (C=O) groups excluding carboxylic acids is 1. The largest absolute Gasteiger partial charge is 0.497 e. The number of hydrogen-bond donors (Lipinski definition) is 2. The van der Waals surface area contributed by atoms with Crippen LogP contribution in [0.25, 0.3) is 10.9 Å². The van der Waals surface area contributed by atoms with Crippen molar-refractivity contribution in [3.63, 3.8) is 0 Å². The summed E-state index contributed by atoms with van der Waals surface area (Å²) in [7, 11) is 1.70. The maximum Gasteiger partial charge on any atom is 0.317 e. The van der Waals surface area contributed by atoms with Crippen LogP contribution in [0.4, 0.5) is 4.79 Å². The van der Waals surface area contributed by atoms with Gasteiger partial charge in [-0.05, 0) is 49.9 Å². The molecule has 140 valence electrons. The molecule has 2 aromatic rings. The third kappa shape index (κ3) is 3.67. The normalized spacial score (nSPS) is 19.7. The molecule has 1 aromatic heterocycles. The van der Waals surface area contributed by atoms with Gasteiger partial charge >= 0.3 is 6.03 Å². The van der Waals surface area contributed by atoms with Gasteiger partial charge in [-0.1, -0.05) is 19.3 Å². The number of amides is 2. The summed E-state index contributed by atoms with van der Waals surface area (Å²) in [5.41, 5.74) is 2.43.